The van der Waals surface area contributed by atoms with Gasteiger partial charge in [-0.1, -0.05) is 12.1 Å². The summed E-state index contributed by atoms with van der Waals surface area (Å²) in [6.07, 6.45) is 3.94. The van der Waals surface area contributed by atoms with Crippen LogP contribution in [0.15, 0.2) is 91.3 Å². The summed E-state index contributed by atoms with van der Waals surface area (Å²) in [7, 11) is 0. The van der Waals surface area contributed by atoms with Crippen LogP contribution in [0.3, 0.4) is 0 Å². The van der Waals surface area contributed by atoms with E-state index in [0.29, 0.717) is 11.3 Å². The number of primary amides is 1. The second-order valence-corrected chi connectivity index (χ2v) is 10.1. The number of benzene rings is 3. The van der Waals surface area contributed by atoms with E-state index in [1.54, 1.807) is 23.0 Å². The molecule has 2 amide bonds. The van der Waals surface area contributed by atoms with Gasteiger partial charge >= 0.3 is 0 Å². The van der Waals surface area contributed by atoms with Crippen molar-refractivity contribution in [3.05, 3.63) is 103 Å². The van der Waals surface area contributed by atoms with Gasteiger partial charge in [-0.3, -0.25) is 14.5 Å². The van der Waals surface area contributed by atoms with Crippen LogP contribution in [0, 0.1) is 17.0 Å². The molecule has 0 saturated heterocycles. The van der Waals surface area contributed by atoms with Crippen molar-refractivity contribution in [2.24, 2.45) is 11.1 Å². The number of carbonyl (C=O) groups excluding carboxylic acids is 2. The number of hydrogen-bond donors (Lipinski definition) is 2. The predicted octanol–water partition coefficient (Wildman–Crippen LogP) is 6.43. The first-order valence-electron chi connectivity index (χ1n) is 13.5. The summed E-state index contributed by atoms with van der Waals surface area (Å²) in [5.41, 5.74) is 7.99. The number of hydrogen-bond acceptors (Lipinski definition) is 5. The quantitative estimate of drug-likeness (QED) is 0.200. The maximum atomic E-state index is 15.7. The molecule has 0 atom stereocenters. The van der Waals surface area contributed by atoms with Gasteiger partial charge in [0.15, 0.2) is 17.3 Å². The molecule has 0 aliphatic heterocycles. The fourth-order valence-corrected chi connectivity index (χ4v) is 5.04. The highest BCUT2D eigenvalue weighted by atomic mass is 19.1. The first-order valence-corrected chi connectivity index (χ1v) is 13.5. The fourth-order valence-electron chi connectivity index (χ4n) is 5.04. The lowest BCUT2D eigenvalue weighted by atomic mass is 10.0. The van der Waals surface area contributed by atoms with Crippen LogP contribution in [0.2, 0.25) is 0 Å². The third kappa shape index (κ3) is 4.81. The molecule has 0 spiro atoms. The second-order valence-electron chi connectivity index (χ2n) is 10.1. The molecule has 1 fully saturated rings. The third-order valence-corrected chi connectivity index (χ3v) is 7.38. The van der Waals surface area contributed by atoms with Crippen LogP contribution in [0.4, 0.5) is 25.8 Å². The molecule has 1 aliphatic rings. The molecule has 5 aromatic rings. The molecule has 2 heterocycles. The van der Waals surface area contributed by atoms with Crippen molar-refractivity contribution in [2.75, 3.05) is 16.8 Å². The Hall–Kier alpha value is -5.25. The van der Waals surface area contributed by atoms with E-state index >= 15 is 4.39 Å². The molecule has 10 heteroatoms. The zero-order valence-corrected chi connectivity index (χ0v) is 22.7. The van der Waals surface area contributed by atoms with Crippen molar-refractivity contribution >= 4 is 34.4 Å². The minimum absolute atomic E-state index is 0.0806. The van der Waals surface area contributed by atoms with Crippen molar-refractivity contribution in [1.82, 2.24) is 9.61 Å². The van der Waals surface area contributed by atoms with Gasteiger partial charge in [0.25, 0.3) is 0 Å². The van der Waals surface area contributed by atoms with Gasteiger partial charge < -0.3 is 15.8 Å². The van der Waals surface area contributed by atoms with Gasteiger partial charge in [-0.05, 0) is 79.9 Å². The molecule has 0 unspecified atom stereocenters. The summed E-state index contributed by atoms with van der Waals surface area (Å²) in [6, 6.07) is 20.7. The van der Waals surface area contributed by atoms with Crippen molar-refractivity contribution in [3.8, 4) is 22.6 Å². The van der Waals surface area contributed by atoms with E-state index in [0.717, 1.165) is 29.4 Å². The summed E-state index contributed by atoms with van der Waals surface area (Å²) in [5, 5.41) is 7.67. The summed E-state index contributed by atoms with van der Waals surface area (Å²) < 4.78 is 37.1. The summed E-state index contributed by atoms with van der Waals surface area (Å²) in [5.74, 6) is -2.29. The van der Waals surface area contributed by atoms with E-state index in [4.69, 9.17) is 10.5 Å². The van der Waals surface area contributed by atoms with Gasteiger partial charge in [-0.25, -0.2) is 13.3 Å². The van der Waals surface area contributed by atoms with E-state index in [1.807, 2.05) is 37.3 Å². The number of anilines is 3. The van der Waals surface area contributed by atoms with E-state index in [-0.39, 0.29) is 30.0 Å². The highest BCUT2D eigenvalue weighted by Crippen LogP contribution is 2.49. The van der Waals surface area contributed by atoms with Crippen LogP contribution < -0.4 is 20.7 Å². The monoisotopic (exact) mass is 567 g/mol. The highest BCUT2D eigenvalue weighted by molar-refractivity contribution is 6.16. The second kappa shape index (κ2) is 10.6. The van der Waals surface area contributed by atoms with Crippen molar-refractivity contribution < 1.29 is 23.1 Å². The fraction of sp³-hybridized carbons (Fsp3) is 0.156. The highest BCUT2D eigenvalue weighted by Gasteiger charge is 2.57. The van der Waals surface area contributed by atoms with E-state index < -0.39 is 28.9 Å². The van der Waals surface area contributed by atoms with Gasteiger partial charge in [-0.2, -0.15) is 5.10 Å². The third-order valence-electron chi connectivity index (χ3n) is 7.38. The average Bonchev–Trinajstić information content (AvgIpc) is 3.69. The molecule has 42 heavy (non-hydrogen) atoms. The Bertz CT molecular complexity index is 1820. The standard InChI is InChI=1S/C32H27F2N5O3/c1-2-36-22-5-3-4-20(18-22)25-13-17-38-29(25)28(12-16-37-38)42-27-11-10-24(19-26(27)34)39(23-8-6-21(33)7-9-23)31(41)32(14-15-32)30(35)40/h3-13,16-19,36H,2,14-15H2,1H3,(H2,35,40). The lowest BCUT2D eigenvalue weighted by Crippen LogP contribution is -2.41. The zero-order valence-electron chi connectivity index (χ0n) is 22.7. The molecule has 212 valence electrons. The number of amides is 2. The summed E-state index contributed by atoms with van der Waals surface area (Å²) >= 11 is 0. The lowest BCUT2D eigenvalue weighted by molar-refractivity contribution is -0.133. The van der Waals surface area contributed by atoms with Gasteiger partial charge in [0.2, 0.25) is 11.8 Å². The number of nitrogens with one attached hydrogen (secondary N) is 1. The van der Waals surface area contributed by atoms with Crippen LogP contribution in [0.5, 0.6) is 11.5 Å². The molecular formula is C32H27F2N5O3. The number of halogens is 2. The van der Waals surface area contributed by atoms with Gasteiger partial charge in [0.05, 0.1) is 11.9 Å². The first-order chi connectivity index (χ1) is 20.3. The maximum Gasteiger partial charge on any atom is 0.247 e. The summed E-state index contributed by atoms with van der Waals surface area (Å²) in [4.78, 5) is 26.9. The minimum Gasteiger partial charge on any atom is -0.452 e. The number of carbonyl (C=O) groups is 2. The molecule has 1 saturated carbocycles. The van der Waals surface area contributed by atoms with Gasteiger partial charge in [0.1, 0.15) is 16.7 Å². The SMILES string of the molecule is CCNc1cccc(-c2ccn3nccc(Oc4ccc(N(C(=O)C5(C(N)=O)CC5)c5ccc(F)cc5)cc4F)c23)c1. The zero-order chi connectivity index (χ0) is 29.4. The molecular weight excluding hydrogens is 540 g/mol. The number of ether oxygens (including phenoxy) is 1. The van der Waals surface area contributed by atoms with E-state index in [2.05, 4.69) is 10.4 Å². The van der Waals surface area contributed by atoms with Crippen LogP contribution in [0.1, 0.15) is 19.8 Å². The number of nitrogens with two attached hydrogens (primary N) is 1. The van der Waals surface area contributed by atoms with E-state index in [9.17, 15) is 14.0 Å². The lowest BCUT2D eigenvalue weighted by Gasteiger charge is -2.26. The minimum atomic E-state index is -1.38. The molecule has 6 rings (SSSR count). The molecule has 0 bridgehead atoms. The van der Waals surface area contributed by atoms with Crippen molar-refractivity contribution in [3.63, 3.8) is 0 Å². The Morgan fingerprint density at radius 2 is 1.76 bits per heavy atom. The largest absolute Gasteiger partial charge is 0.452 e. The number of aromatic nitrogens is 2. The Labute approximate surface area is 240 Å². The van der Waals surface area contributed by atoms with E-state index in [1.165, 1.54) is 41.3 Å². The Morgan fingerprint density at radius 3 is 2.45 bits per heavy atom. The van der Waals surface area contributed by atoms with Crippen LogP contribution >= 0.6 is 0 Å². The summed E-state index contributed by atoms with van der Waals surface area (Å²) in [6.45, 7) is 2.80. The van der Waals surface area contributed by atoms with Gasteiger partial charge in [0, 0.05) is 41.8 Å². The molecule has 2 aromatic heterocycles. The Kier molecular flexibility index (Phi) is 6.82. The number of nitrogens with zero attached hydrogens (tertiary/aromatic N) is 3. The van der Waals surface area contributed by atoms with Crippen LogP contribution in [0.25, 0.3) is 16.6 Å². The topological polar surface area (TPSA) is 102 Å². The molecule has 0 radical (unpaired) electrons. The van der Waals surface area contributed by atoms with Crippen molar-refractivity contribution in [2.45, 2.75) is 19.8 Å². The molecule has 3 aromatic carbocycles. The number of fused-ring (bicyclic) bond motifs is 1. The Morgan fingerprint density at radius 1 is 1.00 bits per heavy atom. The predicted molar refractivity (Wildman–Crippen MR) is 156 cm³/mol. The average molecular weight is 568 g/mol. The first kappa shape index (κ1) is 26.9. The smallest absolute Gasteiger partial charge is 0.247 e. The Balaban J connectivity index is 1.37. The van der Waals surface area contributed by atoms with Crippen molar-refractivity contribution in [1.29, 1.82) is 0 Å². The molecule has 3 N–H and O–H groups in total. The normalized spacial score (nSPS) is 13.5. The van der Waals surface area contributed by atoms with Crippen LogP contribution in [-0.2, 0) is 9.59 Å². The van der Waals surface area contributed by atoms with Gasteiger partial charge in [-0.15, -0.1) is 0 Å². The van der Waals surface area contributed by atoms with Crippen LogP contribution in [-0.4, -0.2) is 28.0 Å². The number of rotatable bonds is 9. The molecule has 1 aliphatic carbocycles. The maximum absolute atomic E-state index is 15.7. The molecule has 8 nitrogen and oxygen atoms in total.